The van der Waals surface area contributed by atoms with Crippen LogP contribution in [-0.4, -0.2) is 26.2 Å². The van der Waals surface area contributed by atoms with E-state index >= 15 is 0 Å². The lowest BCUT2D eigenvalue weighted by Crippen LogP contribution is -2.35. The van der Waals surface area contributed by atoms with Gasteiger partial charge in [-0.05, 0) is 18.3 Å². The number of fused-ring (bicyclic) bond motifs is 1. The maximum Gasteiger partial charge on any atom is 0.177 e. The van der Waals surface area contributed by atoms with Crippen molar-refractivity contribution in [2.75, 3.05) is 0 Å². The first-order valence-electron chi connectivity index (χ1n) is 6.82. The fourth-order valence-electron chi connectivity index (χ4n) is 2.86. The third kappa shape index (κ3) is 2.13. The molecular weight excluding hydrogens is 254 g/mol. The van der Waals surface area contributed by atoms with Gasteiger partial charge < -0.3 is 0 Å². The first kappa shape index (κ1) is 13.0. The molecule has 1 atom stereocenters. The van der Waals surface area contributed by atoms with E-state index in [1.165, 1.54) is 6.20 Å². The molecule has 0 bridgehead atoms. The van der Waals surface area contributed by atoms with Crippen molar-refractivity contribution in [1.82, 2.24) is 14.6 Å². The number of aromatic nitrogens is 3. The summed E-state index contributed by atoms with van der Waals surface area (Å²) in [6.07, 6.45) is 8.41. The molecule has 104 valence electrons. The minimum absolute atomic E-state index is 0.0372. The van der Waals surface area contributed by atoms with Crippen LogP contribution in [0.3, 0.4) is 0 Å². The number of hydrogen-bond acceptors (Lipinski definition) is 4. The molecule has 0 spiro atoms. The third-order valence-corrected chi connectivity index (χ3v) is 4.10. The van der Waals surface area contributed by atoms with Crippen molar-refractivity contribution in [3.8, 4) is 0 Å². The minimum atomic E-state index is -0.535. The highest BCUT2D eigenvalue weighted by Gasteiger charge is 2.38. The molecule has 5 heteroatoms. The van der Waals surface area contributed by atoms with E-state index < -0.39 is 5.92 Å². The van der Waals surface area contributed by atoms with Crippen molar-refractivity contribution in [2.45, 2.75) is 33.1 Å². The van der Waals surface area contributed by atoms with Crippen molar-refractivity contribution >= 4 is 17.1 Å². The lowest BCUT2D eigenvalue weighted by molar-refractivity contribution is -0.125. The predicted octanol–water partition coefficient (Wildman–Crippen LogP) is 2.31. The fraction of sp³-hybridized carbons (Fsp3) is 0.467. The van der Waals surface area contributed by atoms with E-state index in [1.807, 2.05) is 0 Å². The van der Waals surface area contributed by atoms with Gasteiger partial charge in [0.05, 0.1) is 29.4 Å². The highest BCUT2D eigenvalue weighted by molar-refractivity contribution is 6.13. The van der Waals surface area contributed by atoms with E-state index in [0.29, 0.717) is 23.9 Å². The van der Waals surface area contributed by atoms with Crippen LogP contribution in [0.25, 0.3) is 5.52 Å². The summed E-state index contributed by atoms with van der Waals surface area (Å²) in [6.45, 7) is 4.22. The molecule has 0 aliphatic heterocycles. The van der Waals surface area contributed by atoms with Crippen molar-refractivity contribution in [3.05, 3.63) is 30.4 Å². The van der Waals surface area contributed by atoms with Crippen LogP contribution in [0.5, 0.6) is 0 Å². The molecular formula is C15H17N3O2. The highest BCUT2D eigenvalue weighted by Crippen LogP contribution is 2.38. The molecule has 0 amide bonds. The second kappa shape index (κ2) is 4.51. The van der Waals surface area contributed by atoms with Crippen LogP contribution >= 0.6 is 0 Å². The summed E-state index contributed by atoms with van der Waals surface area (Å²) in [7, 11) is 0. The number of carbonyl (C=O) groups excluding carboxylic acids is 2. The first-order chi connectivity index (χ1) is 9.48. The van der Waals surface area contributed by atoms with Crippen molar-refractivity contribution in [1.29, 1.82) is 0 Å². The minimum Gasteiger partial charge on any atom is -0.299 e. The standard InChI is InChI=1S/C15H17N3O2/c1-15(2)4-3-13(19)10(7-15)14(20)11-8-17-18-6-5-16-9-12(11)18/h5-6,8-10H,3-4,7H2,1-2H3. The Balaban J connectivity index is 1.97. The average Bonchev–Trinajstić information content (AvgIpc) is 2.85. The second-order valence-electron chi connectivity index (χ2n) is 6.22. The predicted molar refractivity (Wildman–Crippen MR) is 73.4 cm³/mol. The van der Waals surface area contributed by atoms with Crippen molar-refractivity contribution in [2.24, 2.45) is 11.3 Å². The number of ketones is 2. The summed E-state index contributed by atoms with van der Waals surface area (Å²) < 4.78 is 1.61. The molecule has 2 heterocycles. The Morgan fingerprint density at radius 3 is 3.00 bits per heavy atom. The van der Waals surface area contributed by atoms with Gasteiger partial charge in [0.2, 0.25) is 0 Å². The summed E-state index contributed by atoms with van der Waals surface area (Å²) in [6, 6.07) is 0. The Kier molecular flexibility index (Phi) is 2.92. The van der Waals surface area contributed by atoms with Gasteiger partial charge in [-0.3, -0.25) is 14.6 Å². The van der Waals surface area contributed by atoms with E-state index in [4.69, 9.17) is 0 Å². The number of carbonyl (C=O) groups is 2. The summed E-state index contributed by atoms with van der Waals surface area (Å²) >= 11 is 0. The Morgan fingerprint density at radius 1 is 1.40 bits per heavy atom. The molecule has 2 aromatic rings. The molecule has 1 fully saturated rings. The lowest BCUT2D eigenvalue weighted by Gasteiger charge is -2.33. The molecule has 5 nitrogen and oxygen atoms in total. The normalized spacial score (nSPS) is 22.1. The molecule has 0 aromatic carbocycles. The van der Waals surface area contributed by atoms with Gasteiger partial charge in [0.25, 0.3) is 0 Å². The van der Waals surface area contributed by atoms with E-state index in [1.54, 1.807) is 23.1 Å². The quantitative estimate of drug-likeness (QED) is 0.621. The second-order valence-corrected chi connectivity index (χ2v) is 6.22. The smallest absolute Gasteiger partial charge is 0.177 e. The van der Waals surface area contributed by atoms with Crippen LogP contribution < -0.4 is 0 Å². The number of hydrogen-bond donors (Lipinski definition) is 0. The summed E-state index contributed by atoms with van der Waals surface area (Å²) in [5.74, 6) is -0.602. The maximum absolute atomic E-state index is 12.7. The molecule has 1 aliphatic rings. The van der Waals surface area contributed by atoms with Gasteiger partial charge in [-0.15, -0.1) is 0 Å². The summed E-state index contributed by atoms with van der Waals surface area (Å²) in [5.41, 5.74) is 1.19. The Morgan fingerprint density at radius 2 is 2.20 bits per heavy atom. The molecule has 0 radical (unpaired) electrons. The molecule has 0 saturated heterocycles. The molecule has 20 heavy (non-hydrogen) atoms. The van der Waals surface area contributed by atoms with Crippen LogP contribution in [-0.2, 0) is 4.79 Å². The zero-order valence-electron chi connectivity index (χ0n) is 11.7. The monoisotopic (exact) mass is 271 g/mol. The zero-order valence-corrected chi connectivity index (χ0v) is 11.7. The molecule has 2 aromatic heterocycles. The molecule has 1 saturated carbocycles. The topological polar surface area (TPSA) is 64.3 Å². The van der Waals surface area contributed by atoms with E-state index in [0.717, 1.165) is 6.42 Å². The Bertz CT molecular complexity index is 687. The van der Waals surface area contributed by atoms with Crippen LogP contribution in [0.2, 0.25) is 0 Å². The Hall–Kier alpha value is -2.04. The van der Waals surface area contributed by atoms with Gasteiger partial charge in [-0.1, -0.05) is 13.8 Å². The molecule has 3 rings (SSSR count). The number of nitrogens with zero attached hydrogens (tertiary/aromatic N) is 3. The molecule has 0 N–H and O–H groups in total. The molecule has 1 unspecified atom stereocenters. The van der Waals surface area contributed by atoms with Crippen molar-refractivity contribution < 1.29 is 9.59 Å². The largest absolute Gasteiger partial charge is 0.299 e. The van der Waals surface area contributed by atoms with Crippen LogP contribution in [0.1, 0.15) is 43.5 Å². The summed E-state index contributed by atoms with van der Waals surface area (Å²) in [4.78, 5) is 28.8. The average molecular weight is 271 g/mol. The number of rotatable bonds is 2. The van der Waals surface area contributed by atoms with Gasteiger partial charge in [-0.2, -0.15) is 5.10 Å². The first-order valence-corrected chi connectivity index (χ1v) is 6.82. The molecule has 1 aliphatic carbocycles. The van der Waals surface area contributed by atoms with Gasteiger partial charge >= 0.3 is 0 Å². The number of Topliss-reactive ketones (excluding diaryl/α,β-unsaturated/α-hetero) is 2. The third-order valence-electron chi connectivity index (χ3n) is 4.10. The maximum atomic E-state index is 12.7. The Labute approximate surface area is 117 Å². The van der Waals surface area contributed by atoms with Gasteiger partial charge in [0.1, 0.15) is 5.78 Å². The van der Waals surface area contributed by atoms with E-state index in [9.17, 15) is 9.59 Å². The zero-order chi connectivity index (χ0) is 14.3. The highest BCUT2D eigenvalue weighted by atomic mass is 16.2. The van der Waals surface area contributed by atoms with Crippen LogP contribution in [0, 0.1) is 11.3 Å². The van der Waals surface area contributed by atoms with E-state index in [-0.39, 0.29) is 17.0 Å². The van der Waals surface area contributed by atoms with Gasteiger partial charge in [0.15, 0.2) is 5.78 Å². The SMILES string of the molecule is CC1(C)CCC(=O)C(C(=O)c2cnn3ccncc23)C1. The van der Waals surface area contributed by atoms with Crippen LogP contribution in [0.4, 0.5) is 0 Å². The van der Waals surface area contributed by atoms with Gasteiger partial charge in [-0.25, -0.2) is 4.52 Å². The van der Waals surface area contributed by atoms with Crippen molar-refractivity contribution in [3.63, 3.8) is 0 Å². The summed E-state index contributed by atoms with van der Waals surface area (Å²) in [5, 5.41) is 4.14. The fourth-order valence-corrected chi connectivity index (χ4v) is 2.86. The lowest BCUT2D eigenvalue weighted by atomic mass is 9.69. The van der Waals surface area contributed by atoms with Crippen LogP contribution in [0.15, 0.2) is 24.8 Å². The van der Waals surface area contributed by atoms with E-state index in [2.05, 4.69) is 23.9 Å². The van der Waals surface area contributed by atoms with Gasteiger partial charge in [0, 0.05) is 18.8 Å².